The number of aryl methyl sites for hydroxylation is 1. The molecule has 0 unspecified atom stereocenters. The van der Waals surface area contributed by atoms with E-state index in [2.05, 4.69) is 46.8 Å². The van der Waals surface area contributed by atoms with Crippen molar-refractivity contribution in [2.45, 2.75) is 118 Å². The van der Waals surface area contributed by atoms with Crippen LogP contribution in [-0.4, -0.2) is 17.8 Å². The van der Waals surface area contributed by atoms with Crippen molar-refractivity contribution in [2.24, 2.45) is 0 Å². The number of rotatable bonds is 19. The molecule has 2 N–H and O–H groups in total. The first-order chi connectivity index (χ1) is 18.4. The lowest BCUT2D eigenvalue weighted by Crippen LogP contribution is -2.24. The predicted molar refractivity (Wildman–Crippen MR) is 164 cm³/mol. The molecule has 1 heterocycles. The van der Waals surface area contributed by atoms with E-state index in [0.717, 1.165) is 55.8 Å². The molecule has 0 bridgehead atoms. The van der Waals surface area contributed by atoms with Gasteiger partial charge in [-0.15, -0.1) is 0 Å². The summed E-state index contributed by atoms with van der Waals surface area (Å²) in [6.45, 7) is 12.4. The maximum Gasteiger partial charge on any atom is 0.297 e. The molecule has 1 aromatic heterocycles. The summed E-state index contributed by atoms with van der Waals surface area (Å²) in [5.41, 5.74) is 10.1. The summed E-state index contributed by atoms with van der Waals surface area (Å²) >= 11 is 0. The molecule has 0 fully saturated rings. The van der Waals surface area contributed by atoms with E-state index in [-0.39, 0.29) is 5.56 Å². The molecule has 5 heteroatoms. The van der Waals surface area contributed by atoms with Gasteiger partial charge in [-0.1, -0.05) is 82.4 Å². The van der Waals surface area contributed by atoms with E-state index >= 15 is 0 Å². The molecule has 2 aromatic rings. The average Bonchev–Trinajstić information content (AvgIpc) is 2.88. The van der Waals surface area contributed by atoms with E-state index < -0.39 is 0 Å². The van der Waals surface area contributed by atoms with Gasteiger partial charge in [-0.2, -0.15) is 0 Å². The van der Waals surface area contributed by atoms with Crippen LogP contribution in [0.15, 0.2) is 46.3 Å². The zero-order chi connectivity index (χ0) is 27.8. The van der Waals surface area contributed by atoms with Crippen LogP contribution in [-0.2, 0) is 6.54 Å². The highest BCUT2D eigenvalue weighted by Gasteiger charge is 2.20. The van der Waals surface area contributed by atoms with E-state index in [1.54, 1.807) is 0 Å². The Morgan fingerprint density at radius 3 is 2.26 bits per heavy atom. The van der Waals surface area contributed by atoms with Crippen molar-refractivity contribution in [2.75, 3.05) is 18.9 Å². The number of allylic oxidation sites excluding steroid dienone is 3. The summed E-state index contributed by atoms with van der Waals surface area (Å²) in [5, 5.41) is 0.879. The maximum absolute atomic E-state index is 13.8. The molecule has 0 aliphatic rings. The Morgan fingerprint density at radius 2 is 1.55 bits per heavy atom. The highest BCUT2D eigenvalue weighted by atomic mass is 16.5. The van der Waals surface area contributed by atoms with Crippen LogP contribution in [0.1, 0.15) is 112 Å². The molecule has 0 aliphatic heterocycles. The summed E-state index contributed by atoms with van der Waals surface area (Å²) < 4.78 is 14.3. The second-order valence-electron chi connectivity index (χ2n) is 10.8. The molecule has 212 valence electrons. The second kappa shape index (κ2) is 17.8. The van der Waals surface area contributed by atoms with Gasteiger partial charge in [-0.05, 0) is 70.7 Å². The number of anilines is 1. The summed E-state index contributed by atoms with van der Waals surface area (Å²) in [4.78, 5) is 13.8. The average molecular weight is 525 g/mol. The molecule has 0 amide bonds. The van der Waals surface area contributed by atoms with E-state index in [9.17, 15) is 4.79 Å². The molecule has 38 heavy (non-hydrogen) atoms. The molecule has 2 rings (SSSR count). The summed E-state index contributed by atoms with van der Waals surface area (Å²) in [6.07, 6.45) is 17.7. The van der Waals surface area contributed by atoms with E-state index in [1.807, 2.05) is 22.8 Å². The largest absolute Gasteiger partial charge is 0.485 e. The molecule has 0 atom stereocenters. The van der Waals surface area contributed by atoms with Gasteiger partial charge < -0.3 is 19.8 Å². The van der Waals surface area contributed by atoms with Crippen LogP contribution in [0, 0.1) is 0 Å². The molecule has 5 nitrogen and oxygen atoms in total. The van der Waals surface area contributed by atoms with Crippen molar-refractivity contribution in [3.8, 4) is 11.5 Å². The normalized spacial score (nSPS) is 11.7. The second-order valence-corrected chi connectivity index (χ2v) is 10.8. The number of nitrogens with zero attached hydrogens (tertiary/aromatic N) is 1. The number of pyridine rings is 1. The molecule has 0 radical (unpaired) electrons. The Labute approximate surface area is 231 Å². The summed E-state index contributed by atoms with van der Waals surface area (Å²) in [7, 11) is 0. The smallest absolute Gasteiger partial charge is 0.297 e. The van der Waals surface area contributed by atoms with Crippen LogP contribution in [0.2, 0.25) is 0 Å². The lowest BCUT2D eigenvalue weighted by molar-refractivity contribution is 0.272. The minimum Gasteiger partial charge on any atom is -0.485 e. The number of fused-ring (bicyclic) bond motifs is 1. The highest BCUT2D eigenvalue weighted by molar-refractivity contribution is 5.90. The number of benzene rings is 1. The van der Waals surface area contributed by atoms with Gasteiger partial charge in [0.05, 0.1) is 12.1 Å². The van der Waals surface area contributed by atoms with Crippen molar-refractivity contribution >= 4 is 16.6 Å². The number of nitrogens with two attached hydrogens (primary N) is 1. The maximum atomic E-state index is 13.8. The molecular formula is C33H52N2O3. The van der Waals surface area contributed by atoms with Crippen LogP contribution >= 0.6 is 0 Å². The monoisotopic (exact) mass is 524 g/mol. The van der Waals surface area contributed by atoms with E-state index in [1.165, 1.54) is 43.3 Å². The Kier molecular flexibility index (Phi) is 14.7. The van der Waals surface area contributed by atoms with Gasteiger partial charge in [0, 0.05) is 17.6 Å². The van der Waals surface area contributed by atoms with Gasteiger partial charge in [-0.25, -0.2) is 0 Å². The highest BCUT2D eigenvalue weighted by Crippen LogP contribution is 2.34. The Balaban J connectivity index is 2.34. The van der Waals surface area contributed by atoms with Gasteiger partial charge in [0.2, 0.25) is 5.75 Å². The van der Waals surface area contributed by atoms with Gasteiger partial charge in [0.15, 0.2) is 5.75 Å². The predicted octanol–water partition coefficient (Wildman–Crippen LogP) is 8.97. The Hall–Kier alpha value is -2.69. The fraction of sp³-hybridized carbons (Fsp3) is 0.606. The minimum absolute atomic E-state index is 0.119. The zero-order valence-electron chi connectivity index (χ0n) is 24.7. The first-order valence-electron chi connectivity index (χ1n) is 14.9. The third kappa shape index (κ3) is 10.6. The number of aromatic nitrogens is 1. The fourth-order valence-corrected chi connectivity index (χ4v) is 4.62. The van der Waals surface area contributed by atoms with Crippen LogP contribution in [0.3, 0.4) is 0 Å². The van der Waals surface area contributed by atoms with Gasteiger partial charge >= 0.3 is 0 Å². The SMILES string of the molecule is CCCCCCCCn1c(=O)c(OCCCCCC)c(OCC=C(C)CCC=C(C)C)c2ccc(N)cc21. The number of ether oxygens (including phenoxy) is 2. The third-order valence-electron chi connectivity index (χ3n) is 6.93. The lowest BCUT2D eigenvalue weighted by atomic mass is 10.1. The molecule has 1 aromatic carbocycles. The third-order valence-corrected chi connectivity index (χ3v) is 6.93. The molecule has 0 aliphatic carbocycles. The van der Waals surface area contributed by atoms with Crippen LogP contribution in [0.4, 0.5) is 5.69 Å². The number of nitrogen functional groups attached to an aromatic ring is 1. The number of unbranched alkanes of at least 4 members (excludes halogenated alkanes) is 8. The molecule has 0 saturated carbocycles. The van der Waals surface area contributed by atoms with Crippen molar-refractivity contribution < 1.29 is 9.47 Å². The van der Waals surface area contributed by atoms with Gasteiger partial charge in [-0.3, -0.25) is 4.79 Å². The van der Waals surface area contributed by atoms with Crippen molar-refractivity contribution in [3.05, 3.63) is 51.9 Å². The van der Waals surface area contributed by atoms with E-state index in [0.29, 0.717) is 36.9 Å². The zero-order valence-corrected chi connectivity index (χ0v) is 24.7. The Morgan fingerprint density at radius 1 is 0.868 bits per heavy atom. The van der Waals surface area contributed by atoms with Crippen LogP contribution < -0.4 is 20.8 Å². The minimum atomic E-state index is -0.119. The Bertz CT molecular complexity index is 1090. The van der Waals surface area contributed by atoms with Gasteiger partial charge in [0.1, 0.15) is 6.61 Å². The summed E-state index contributed by atoms with van der Waals surface area (Å²) in [6, 6.07) is 5.74. The topological polar surface area (TPSA) is 66.5 Å². The van der Waals surface area contributed by atoms with Crippen molar-refractivity contribution in [3.63, 3.8) is 0 Å². The molecular weight excluding hydrogens is 472 g/mol. The quantitative estimate of drug-likeness (QED) is 0.113. The standard InChI is InChI=1S/C33H52N2O3/c1-6-8-10-12-13-14-22-35-30-25-28(34)19-20-29(30)31(32(33(35)36)37-23-15-11-9-7-2)38-24-21-27(5)18-16-17-26(3)4/h17,19-21,25H,6-16,18,22-24,34H2,1-5H3. The number of hydrogen-bond acceptors (Lipinski definition) is 4. The first kappa shape index (κ1) is 31.5. The first-order valence-corrected chi connectivity index (χ1v) is 14.9. The van der Waals surface area contributed by atoms with Crippen LogP contribution in [0.5, 0.6) is 11.5 Å². The van der Waals surface area contributed by atoms with Crippen molar-refractivity contribution in [1.82, 2.24) is 4.57 Å². The number of hydrogen-bond donors (Lipinski definition) is 1. The van der Waals surface area contributed by atoms with Crippen molar-refractivity contribution in [1.29, 1.82) is 0 Å². The lowest BCUT2D eigenvalue weighted by Gasteiger charge is -2.19. The van der Waals surface area contributed by atoms with Crippen LogP contribution in [0.25, 0.3) is 10.9 Å². The molecule has 0 spiro atoms. The molecule has 0 saturated heterocycles. The van der Waals surface area contributed by atoms with E-state index in [4.69, 9.17) is 15.2 Å². The fourth-order valence-electron chi connectivity index (χ4n) is 4.62. The summed E-state index contributed by atoms with van der Waals surface area (Å²) in [5.74, 6) is 0.869. The van der Waals surface area contributed by atoms with Gasteiger partial charge in [0.25, 0.3) is 5.56 Å².